The number of hydrogen-bond acceptors (Lipinski definition) is 2. The quantitative estimate of drug-likeness (QED) is 0.737. The van der Waals surface area contributed by atoms with Gasteiger partial charge in [0.1, 0.15) is 0 Å². The molecule has 14 heavy (non-hydrogen) atoms. The zero-order valence-electron chi connectivity index (χ0n) is 8.12. The van der Waals surface area contributed by atoms with E-state index in [1.807, 2.05) is 6.92 Å². The Balaban J connectivity index is 2.52. The lowest BCUT2D eigenvalue weighted by molar-refractivity contribution is 0.0908. The van der Waals surface area contributed by atoms with Gasteiger partial charge in [-0.1, -0.05) is 6.92 Å². The third-order valence-corrected chi connectivity index (χ3v) is 1.94. The summed E-state index contributed by atoms with van der Waals surface area (Å²) in [7, 11) is 0. The van der Waals surface area contributed by atoms with Crippen LogP contribution < -0.4 is 5.32 Å². The lowest BCUT2D eigenvalue weighted by atomic mass is 10.1. The van der Waals surface area contributed by atoms with Crippen LogP contribution in [0.5, 0.6) is 0 Å². The molecule has 1 N–H and O–H groups in total. The molecular weight excluding hydrogens is 178 g/mol. The molecule has 1 aromatic rings. The van der Waals surface area contributed by atoms with Crippen molar-refractivity contribution < 1.29 is 9.21 Å². The lowest BCUT2D eigenvalue weighted by Gasteiger charge is -2.12. The van der Waals surface area contributed by atoms with Crippen molar-refractivity contribution in [3.8, 4) is 12.3 Å². The topological polar surface area (TPSA) is 42.2 Å². The SMILES string of the molecule is C#CCC(CC)NC(=O)c1ccco1. The molecule has 74 valence electrons. The Hall–Kier alpha value is -1.69. The Morgan fingerprint density at radius 2 is 2.57 bits per heavy atom. The number of hydrogen-bond donors (Lipinski definition) is 1. The highest BCUT2D eigenvalue weighted by Crippen LogP contribution is 2.02. The average molecular weight is 191 g/mol. The largest absolute Gasteiger partial charge is 0.459 e. The molecule has 0 aromatic carbocycles. The molecule has 0 radical (unpaired) electrons. The molecule has 3 heteroatoms. The summed E-state index contributed by atoms with van der Waals surface area (Å²) in [5.41, 5.74) is 0. The maximum atomic E-state index is 11.5. The summed E-state index contributed by atoms with van der Waals surface area (Å²) in [4.78, 5) is 11.5. The van der Waals surface area contributed by atoms with E-state index in [0.29, 0.717) is 12.2 Å². The third kappa shape index (κ3) is 2.67. The number of rotatable bonds is 4. The summed E-state index contributed by atoms with van der Waals surface area (Å²) in [6, 6.07) is 3.33. The first-order valence-corrected chi connectivity index (χ1v) is 4.55. The molecular formula is C11H13NO2. The van der Waals surface area contributed by atoms with Crippen LogP contribution in [0.2, 0.25) is 0 Å². The molecule has 0 aliphatic heterocycles. The van der Waals surface area contributed by atoms with E-state index < -0.39 is 0 Å². The van der Waals surface area contributed by atoms with Crippen molar-refractivity contribution in [3.63, 3.8) is 0 Å². The number of carbonyl (C=O) groups is 1. The second kappa shape index (κ2) is 5.13. The highest BCUT2D eigenvalue weighted by molar-refractivity contribution is 5.91. The summed E-state index contributed by atoms with van der Waals surface area (Å²) >= 11 is 0. The highest BCUT2D eigenvalue weighted by Gasteiger charge is 2.12. The van der Waals surface area contributed by atoms with Gasteiger partial charge in [0.2, 0.25) is 0 Å². The van der Waals surface area contributed by atoms with Crippen LogP contribution in [0.4, 0.5) is 0 Å². The maximum Gasteiger partial charge on any atom is 0.287 e. The number of carbonyl (C=O) groups excluding carboxylic acids is 1. The van der Waals surface area contributed by atoms with E-state index >= 15 is 0 Å². The number of nitrogens with one attached hydrogen (secondary N) is 1. The first kappa shape index (κ1) is 10.4. The van der Waals surface area contributed by atoms with Crippen LogP contribution in [-0.4, -0.2) is 11.9 Å². The zero-order valence-corrected chi connectivity index (χ0v) is 8.12. The molecule has 1 rings (SSSR count). The fourth-order valence-electron chi connectivity index (χ4n) is 1.10. The van der Waals surface area contributed by atoms with Gasteiger partial charge in [0.25, 0.3) is 5.91 Å². The van der Waals surface area contributed by atoms with Gasteiger partial charge >= 0.3 is 0 Å². The van der Waals surface area contributed by atoms with Crippen molar-refractivity contribution >= 4 is 5.91 Å². The standard InChI is InChI=1S/C11H13NO2/c1-3-6-9(4-2)12-11(13)10-7-5-8-14-10/h1,5,7-9H,4,6H2,2H3,(H,12,13). The summed E-state index contributed by atoms with van der Waals surface area (Å²) in [6.45, 7) is 1.98. The van der Waals surface area contributed by atoms with Crippen LogP contribution in [0.3, 0.4) is 0 Å². The number of amides is 1. The van der Waals surface area contributed by atoms with Gasteiger partial charge in [-0.3, -0.25) is 4.79 Å². The molecule has 0 saturated carbocycles. The normalized spacial score (nSPS) is 11.7. The summed E-state index contributed by atoms with van der Waals surface area (Å²) in [6.07, 6.45) is 8.00. The molecule has 0 aliphatic carbocycles. The van der Waals surface area contributed by atoms with Gasteiger partial charge in [0.15, 0.2) is 5.76 Å². The van der Waals surface area contributed by atoms with Gasteiger partial charge in [-0.2, -0.15) is 0 Å². The molecule has 1 amide bonds. The van der Waals surface area contributed by atoms with Crippen LogP contribution >= 0.6 is 0 Å². The smallest absolute Gasteiger partial charge is 0.287 e. The monoisotopic (exact) mass is 191 g/mol. The van der Waals surface area contributed by atoms with E-state index in [-0.39, 0.29) is 11.9 Å². The molecule has 1 aromatic heterocycles. The van der Waals surface area contributed by atoms with Gasteiger partial charge < -0.3 is 9.73 Å². The lowest BCUT2D eigenvalue weighted by Crippen LogP contribution is -2.33. The summed E-state index contributed by atoms with van der Waals surface area (Å²) in [5.74, 6) is 2.63. The molecule has 0 spiro atoms. The minimum atomic E-state index is -0.211. The first-order valence-electron chi connectivity index (χ1n) is 4.55. The summed E-state index contributed by atoms with van der Waals surface area (Å²) in [5, 5.41) is 2.79. The zero-order chi connectivity index (χ0) is 10.4. The van der Waals surface area contributed by atoms with Crippen molar-refractivity contribution in [2.24, 2.45) is 0 Å². The Morgan fingerprint density at radius 3 is 3.07 bits per heavy atom. The Labute approximate surface area is 83.5 Å². The van der Waals surface area contributed by atoms with E-state index in [9.17, 15) is 4.79 Å². The van der Waals surface area contributed by atoms with Gasteiger partial charge in [-0.05, 0) is 18.6 Å². The van der Waals surface area contributed by atoms with Crippen LogP contribution in [0.25, 0.3) is 0 Å². The highest BCUT2D eigenvalue weighted by atomic mass is 16.3. The molecule has 1 heterocycles. The minimum Gasteiger partial charge on any atom is -0.459 e. The Morgan fingerprint density at radius 1 is 1.79 bits per heavy atom. The maximum absolute atomic E-state index is 11.5. The fraction of sp³-hybridized carbons (Fsp3) is 0.364. The van der Waals surface area contributed by atoms with Crippen LogP contribution in [0, 0.1) is 12.3 Å². The molecule has 0 fully saturated rings. The van der Waals surface area contributed by atoms with E-state index in [1.165, 1.54) is 6.26 Å². The van der Waals surface area contributed by atoms with Crippen molar-refractivity contribution in [1.29, 1.82) is 0 Å². The van der Waals surface area contributed by atoms with Gasteiger partial charge in [0, 0.05) is 12.5 Å². The van der Waals surface area contributed by atoms with Crippen LogP contribution in [0.1, 0.15) is 30.3 Å². The van der Waals surface area contributed by atoms with Crippen molar-refractivity contribution in [2.45, 2.75) is 25.8 Å². The average Bonchev–Trinajstić information content (AvgIpc) is 2.69. The number of terminal acetylenes is 1. The van der Waals surface area contributed by atoms with E-state index in [1.54, 1.807) is 12.1 Å². The second-order valence-electron chi connectivity index (χ2n) is 2.96. The van der Waals surface area contributed by atoms with Crippen LogP contribution in [-0.2, 0) is 0 Å². The van der Waals surface area contributed by atoms with Crippen molar-refractivity contribution in [2.75, 3.05) is 0 Å². The third-order valence-electron chi connectivity index (χ3n) is 1.94. The number of furan rings is 1. The predicted molar refractivity (Wildman–Crippen MR) is 53.7 cm³/mol. The van der Waals surface area contributed by atoms with Crippen molar-refractivity contribution in [1.82, 2.24) is 5.32 Å². The fourth-order valence-corrected chi connectivity index (χ4v) is 1.10. The molecule has 0 saturated heterocycles. The second-order valence-corrected chi connectivity index (χ2v) is 2.96. The Kier molecular flexibility index (Phi) is 3.81. The summed E-state index contributed by atoms with van der Waals surface area (Å²) < 4.78 is 4.96. The van der Waals surface area contributed by atoms with Gasteiger partial charge in [-0.25, -0.2) is 0 Å². The molecule has 0 aliphatic rings. The van der Waals surface area contributed by atoms with Crippen LogP contribution in [0.15, 0.2) is 22.8 Å². The molecule has 1 unspecified atom stereocenters. The minimum absolute atomic E-state index is 0.0256. The Bertz CT molecular complexity index is 322. The molecule has 0 bridgehead atoms. The van der Waals surface area contributed by atoms with E-state index in [2.05, 4.69) is 11.2 Å². The van der Waals surface area contributed by atoms with E-state index in [4.69, 9.17) is 10.8 Å². The van der Waals surface area contributed by atoms with E-state index in [0.717, 1.165) is 6.42 Å². The van der Waals surface area contributed by atoms with Gasteiger partial charge in [0.05, 0.1) is 6.26 Å². The first-order chi connectivity index (χ1) is 6.77. The predicted octanol–water partition coefficient (Wildman–Crippen LogP) is 1.81. The van der Waals surface area contributed by atoms with Gasteiger partial charge in [-0.15, -0.1) is 12.3 Å². The van der Waals surface area contributed by atoms with Crippen molar-refractivity contribution in [3.05, 3.63) is 24.2 Å². The molecule has 3 nitrogen and oxygen atoms in total. The molecule has 1 atom stereocenters.